The van der Waals surface area contributed by atoms with Crippen molar-refractivity contribution >= 4 is 97.7 Å². The smallest absolute Gasteiger partial charge is 0.0978 e. The Labute approximate surface area is 691 Å². The highest BCUT2D eigenvalue weighted by molar-refractivity contribution is 6.28. The van der Waals surface area contributed by atoms with Gasteiger partial charge < -0.3 is 0 Å². The standard InChI is InChI=1S/C57H35N5.C53H33N5/c1-3-11-46-44(9-1)53(45-10-2-4-12-47(45)54(46)55-48-13-5-6-14-50(48)62-57-49(55)24-23-42-8-7-29-60-56(42)57)43-34-51(40-19-15-36(16-20-40)38-25-30-58-31-26-38)61-52(35-43)41-21-17-37(18-22-41)39-27-32-59-33-28-39;1-2-8-44-43(7-1)42(21-22-45(44)51-46-9-3-4-10-48(46)58-53-47(51)20-19-40-6-5-27-56-52(40)53)41-32-49(38-15-11-34(12-16-38)36-23-28-54-29-24-36)57-50(33-41)39-17-13-35(14-18-39)37-25-30-55-31-26-37/h1-35H;1-33H. The van der Waals surface area contributed by atoms with Gasteiger partial charge in [0, 0.05) is 128 Å². The minimum Gasteiger partial charge on any atom is -0.265 e. The second-order valence-electron chi connectivity index (χ2n) is 30.1. The average molecular weight is 1530 g/mol. The molecule has 10 heterocycles. The summed E-state index contributed by atoms with van der Waals surface area (Å²) in [5.74, 6) is 0. The van der Waals surface area contributed by atoms with Gasteiger partial charge in [-0.3, -0.25) is 29.9 Å². The molecule has 0 atom stereocenters. The second kappa shape index (κ2) is 30.1. The summed E-state index contributed by atoms with van der Waals surface area (Å²) < 4.78 is 0. The van der Waals surface area contributed by atoms with Gasteiger partial charge >= 0.3 is 0 Å². The van der Waals surface area contributed by atoms with Gasteiger partial charge in [-0.05, 0) is 207 Å². The average Bonchev–Trinajstić information content (AvgIpc) is 0.723. The first kappa shape index (κ1) is 70.3. The topological polar surface area (TPSA) is 129 Å². The molecule has 0 spiro atoms. The molecule has 13 aromatic carbocycles. The largest absolute Gasteiger partial charge is 0.265 e. The summed E-state index contributed by atoms with van der Waals surface area (Å²) >= 11 is 0. The minimum atomic E-state index is 0.903. The van der Waals surface area contributed by atoms with Gasteiger partial charge in [0.2, 0.25) is 0 Å². The molecule has 0 amide bonds. The van der Waals surface area contributed by atoms with E-state index in [4.69, 9.17) is 29.9 Å². The molecule has 0 saturated carbocycles. The van der Waals surface area contributed by atoms with Crippen LogP contribution < -0.4 is 0 Å². The van der Waals surface area contributed by atoms with Gasteiger partial charge in [0.1, 0.15) is 0 Å². The Balaban J connectivity index is 0.000000144. The van der Waals surface area contributed by atoms with Crippen LogP contribution in [0.1, 0.15) is 0 Å². The molecule has 10 nitrogen and oxygen atoms in total. The number of aromatic nitrogens is 10. The Kier molecular flexibility index (Phi) is 17.7. The Morgan fingerprint density at radius 3 is 0.833 bits per heavy atom. The lowest BCUT2D eigenvalue weighted by Gasteiger charge is -2.21. The van der Waals surface area contributed by atoms with E-state index in [1.54, 1.807) is 0 Å². The number of rotatable bonds is 12. The van der Waals surface area contributed by atoms with Crippen molar-refractivity contribution < 1.29 is 0 Å². The Bertz CT molecular complexity index is 7650. The Morgan fingerprint density at radius 2 is 0.442 bits per heavy atom. The lowest BCUT2D eigenvalue weighted by Crippen LogP contribution is -1.96. The summed E-state index contributed by atoms with van der Waals surface area (Å²) in [5, 5.41) is 13.5. The molecule has 0 N–H and O–H groups in total. The van der Waals surface area contributed by atoms with E-state index in [1.807, 2.05) is 123 Å². The first-order chi connectivity index (χ1) is 59.5. The van der Waals surface area contributed by atoms with E-state index >= 15 is 0 Å². The third-order valence-electron chi connectivity index (χ3n) is 23.2. The molecule has 0 saturated heterocycles. The molecule has 23 aromatic rings. The normalized spacial score (nSPS) is 11.5. The van der Waals surface area contributed by atoms with Crippen molar-refractivity contribution in [3.05, 3.63) is 414 Å². The Hall–Kier alpha value is -16.3. The van der Waals surface area contributed by atoms with Gasteiger partial charge in [-0.2, -0.15) is 0 Å². The SMILES string of the molecule is c1cnc2c(c1)ccc1c(-c3c4ccccc4c(-c4cc(-c5ccc(-c6ccncc6)cc5)nc(-c5ccc(-c6ccncc6)cc5)c4)c4ccccc34)c3ccccc3nc12.c1cnc2c(c1)ccc1c(-c3ccc(-c4cc(-c5ccc(-c6ccncc6)cc5)nc(-c5ccc(-c6ccncc6)cc5)c4)c4ccccc34)c3ccccc3nc12. The van der Waals surface area contributed by atoms with Crippen LogP contribution in [0.2, 0.25) is 0 Å². The van der Waals surface area contributed by atoms with Crippen LogP contribution in [0.3, 0.4) is 0 Å². The van der Waals surface area contributed by atoms with Crippen LogP contribution in [0, 0.1) is 0 Å². The lowest BCUT2D eigenvalue weighted by atomic mass is 9.83. The van der Waals surface area contributed by atoms with Crippen molar-refractivity contribution in [2.45, 2.75) is 0 Å². The maximum atomic E-state index is 5.39. The van der Waals surface area contributed by atoms with E-state index < -0.39 is 0 Å². The minimum absolute atomic E-state index is 0.903. The van der Waals surface area contributed by atoms with E-state index in [1.165, 1.54) is 38.1 Å². The summed E-state index contributed by atoms with van der Waals surface area (Å²) in [6.07, 6.45) is 18.4. The van der Waals surface area contributed by atoms with Gasteiger partial charge in [-0.25, -0.2) is 19.9 Å². The van der Waals surface area contributed by atoms with E-state index in [0.717, 1.165) is 194 Å². The van der Waals surface area contributed by atoms with Crippen LogP contribution in [-0.4, -0.2) is 49.8 Å². The molecule has 0 unspecified atom stereocenters. The van der Waals surface area contributed by atoms with Crippen molar-refractivity contribution in [1.82, 2.24) is 49.8 Å². The Morgan fingerprint density at radius 1 is 0.150 bits per heavy atom. The molecule has 10 aromatic heterocycles. The van der Waals surface area contributed by atoms with Crippen LogP contribution in [0.5, 0.6) is 0 Å². The molecule has 23 rings (SSSR count). The van der Waals surface area contributed by atoms with Gasteiger partial charge in [0.25, 0.3) is 0 Å². The first-order valence-electron chi connectivity index (χ1n) is 40.2. The van der Waals surface area contributed by atoms with E-state index in [2.05, 4.69) is 311 Å². The number of hydrogen-bond donors (Lipinski definition) is 0. The monoisotopic (exact) mass is 1530 g/mol. The van der Waals surface area contributed by atoms with Crippen LogP contribution in [-0.2, 0) is 0 Å². The molecule has 0 aliphatic rings. The molecule has 0 aliphatic heterocycles. The second-order valence-corrected chi connectivity index (χ2v) is 30.1. The summed E-state index contributed by atoms with van der Waals surface area (Å²) in [6, 6.07) is 125. The zero-order valence-corrected chi connectivity index (χ0v) is 64.7. The predicted molar refractivity (Wildman–Crippen MR) is 494 cm³/mol. The van der Waals surface area contributed by atoms with Gasteiger partial charge in [0.05, 0.1) is 55.9 Å². The molecule has 120 heavy (non-hydrogen) atoms. The molecule has 558 valence electrons. The number of hydrogen-bond acceptors (Lipinski definition) is 10. The lowest BCUT2D eigenvalue weighted by molar-refractivity contribution is 1.32. The predicted octanol–water partition coefficient (Wildman–Crippen LogP) is 27.7. The molecule has 0 fully saturated rings. The van der Waals surface area contributed by atoms with Crippen LogP contribution in [0.15, 0.2) is 414 Å². The molecular formula is C110H68N10. The van der Waals surface area contributed by atoms with Crippen molar-refractivity contribution in [3.63, 3.8) is 0 Å². The molecule has 0 aliphatic carbocycles. The van der Waals surface area contributed by atoms with Crippen molar-refractivity contribution in [2.75, 3.05) is 0 Å². The van der Waals surface area contributed by atoms with Crippen molar-refractivity contribution in [1.29, 1.82) is 0 Å². The van der Waals surface area contributed by atoms with Crippen LogP contribution in [0.25, 0.3) is 232 Å². The number of benzene rings is 13. The third-order valence-corrected chi connectivity index (χ3v) is 23.2. The molecule has 10 heteroatoms. The number of pyridine rings is 10. The fourth-order valence-corrected chi connectivity index (χ4v) is 17.5. The first-order valence-corrected chi connectivity index (χ1v) is 40.2. The maximum Gasteiger partial charge on any atom is 0.0978 e. The summed E-state index contributed by atoms with van der Waals surface area (Å²) in [7, 11) is 0. The highest BCUT2D eigenvalue weighted by Crippen LogP contribution is 2.50. The summed E-state index contributed by atoms with van der Waals surface area (Å²) in [4.78, 5) is 47.7. The van der Waals surface area contributed by atoms with E-state index in [-0.39, 0.29) is 0 Å². The molecule has 0 radical (unpaired) electrons. The molecular weight excluding hydrogens is 1460 g/mol. The zero-order valence-electron chi connectivity index (χ0n) is 64.7. The van der Waals surface area contributed by atoms with Gasteiger partial charge in [-0.15, -0.1) is 0 Å². The van der Waals surface area contributed by atoms with Gasteiger partial charge in [-0.1, -0.05) is 255 Å². The van der Waals surface area contributed by atoms with Crippen LogP contribution in [0.4, 0.5) is 0 Å². The van der Waals surface area contributed by atoms with E-state index in [9.17, 15) is 0 Å². The van der Waals surface area contributed by atoms with Gasteiger partial charge in [0.15, 0.2) is 0 Å². The highest BCUT2D eigenvalue weighted by atomic mass is 14.8. The van der Waals surface area contributed by atoms with Crippen molar-refractivity contribution in [2.24, 2.45) is 0 Å². The fraction of sp³-hybridized carbons (Fsp3) is 0. The highest BCUT2D eigenvalue weighted by Gasteiger charge is 2.25. The van der Waals surface area contributed by atoms with Crippen molar-refractivity contribution in [3.8, 4) is 134 Å². The summed E-state index contributed by atoms with van der Waals surface area (Å²) in [5.41, 5.74) is 31.5. The molecule has 0 bridgehead atoms. The third kappa shape index (κ3) is 12.8. The number of nitrogens with zero attached hydrogens (tertiary/aromatic N) is 10. The van der Waals surface area contributed by atoms with Crippen LogP contribution >= 0.6 is 0 Å². The fourth-order valence-electron chi connectivity index (χ4n) is 17.5. The number of fused-ring (bicyclic) bond motifs is 11. The van der Waals surface area contributed by atoms with E-state index in [0.29, 0.717) is 0 Å². The number of para-hydroxylation sites is 2. The zero-order chi connectivity index (χ0) is 79.4. The maximum absolute atomic E-state index is 5.39. The quantitative estimate of drug-likeness (QED) is 0.0861. The summed E-state index contributed by atoms with van der Waals surface area (Å²) in [6.45, 7) is 0.